The van der Waals surface area contributed by atoms with Gasteiger partial charge in [0.25, 0.3) is 0 Å². The van der Waals surface area contributed by atoms with Crippen molar-refractivity contribution in [1.29, 1.82) is 0 Å². The fourth-order valence-corrected chi connectivity index (χ4v) is 1.18. The summed E-state index contributed by atoms with van der Waals surface area (Å²) in [5, 5.41) is 5.53. The van der Waals surface area contributed by atoms with Gasteiger partial charge in [0.1, 0.15) is 11.5 Å². The van der Waals surface area contributed by atoms with Crippen molar-refractivity contribution in [1.82, 2.24) is 15.0 Å². The fraction of sp³-hybridized carbons (Fsp3) is 0.375. The van der Waals surface area contributed by atoms with Crippen LogP contribution in [0.3, 0.4) is 0 Å². The number of hydrogen-bond acceptors (Lipinski definition) is 6. The molecule has 0 aliphatic heterocycles. The zero-order chi connectivity index (χ0) is 12.8. The number of carbonyl (C=O) groups is 1. The number of nitrogens with one attached hydrogen (secondary N) is 1. The van der Waals surface area contributed by atoms with Crippen molar-refractivity contribution in [2.24, 2.45) is 5.29 Å². The molecule has 0 unspecified atom stereocenters. The van der Waals surface area contributed by atoms with Gasteiger partial charge in [0, 0.05) is 5.88 Å². The Labute approximate surface area is 114 Å². The Morgan fingerprint density at radius 3 is 2.83 bits per heavy atom. The van der Waals surface area contributed by atoms with E-state index < -0.39 is 6.03 Å². The molecule has 0 saturated carbocycles. The minimum atomic E-state index is -0.736. The molecule has 3 N–H and O–H groups in total. The number of nitrogens with two attached hydrogens (primary N) is 1. The second-order valence-corrected chi connectivity index (χ2v) is 3.42. The number of carbonyl (C=O) groups excluding carboxylic acids is 1. The van der Waals surface area contributed by atoms with E-state index in [1.165, 1.54) is 6.20 Å². The van der Waals surface area contributed by atoms with Gasteiger partial charge >= 0.3 is 6.03 Å². The molecule has 2 amide bonds. The van der Waals surface area contributed by atoms with Crippen molar-refractivity contribution < 1.29 is 4.79 Å². The van der Waals surface area contributed by atoms with Crippen LogP contribution in [0.1, 0.15) is 5.82 Å². The Hall–Kier alpha value is -1.67. The van der Waals surface area contributed by atoms with E-state index in [0.29, 0.717) is 10.8 Å². The molecule has 1 aromatic heterocycles. The highest BCUT2D eigenvalue weighted by molar-refractivity contribution is 6.18. The summed E-state index contributed by atoms with van der Waals surface area (Å²) in [5.74, 6) is 0.688. The number of hydrogen-bond donors (Lipinski definition) is 2. The molecule has 0 radical (unpaired) electrons. The summed E-state index contributed by atoms with van der Waals surface area (Å²) in [7, 11) is 0. The molecular weight excluding hydrogens is 283 g/mol. The third kappa shape index (κ3) is 4.30. The van der Waals surface area contributed by atoms with Crippen molar-refractivity contribution in [2.75, 3.05) is 23.5 Å². The molecule has 100 valence electrons. The van der Waals surface area contributed by atoms with Crippen LogP contribution >= 0.6 is 24.0 Å². The number of rotatable bonds is 4. The monoisotopic (exact) mass is 294 g/mol. The molecule has 0 aromatic carbocycles. The minimum Gasteiger partial charge on any atom is -0.382 e. The van der Waals surface area contributed by atoms with Gasteiger partial charge in [-0.25, -0.2) is 14.8 Å². The molecule has 0 aliphatic carbocycles. The van der Waals surface area contributed by atoms with Crippen LogP contribution in [0.25, 0.3) is 0 Å². The maximum absolute atomic E-state index is 11.5. The van der Waals surface area contributed by atoms with Crippen LogP contribution in [-0.2, 0) is 0 Å². The van der Waals surface area contributed by atoms with Crippen LogP contribution in [0.2, 0.25) is 0 Å². The molecular formula is C8H12Cl2N6O2. The normalized spacial score (nSPS) is 9.22. The number of anilines is 2. The van der Waals surface area contributed by atoms with Gasteiger partial charge in [-0.05, 0) is 6.92 Å². The first-order valence-electron chi connectivity index (χ1n) is 4.65. The van der Waals surface area contributed by atoms with E-state index in [2.05, 4.69) is 20.6 Å². The van der Waals surface area contributed by atoms with E-state index in [4.69, 9.17) is 17.3 Å². The first-order chi connectivity index (χ1) is 8.08. The standard InChI is InChI=1S/C8H11ClN6O2.ClH/c1-5-11-4-6(7(10)12-5)13-8(16)15(14-17)3-2-9;/h4H,2-3H2,1H3,(H,13,16)(H2,10,11,12);1H. The predicted octanol–water partition coefficient (Wildman–Crippen LogP) is 1.54. The number of urea groups is 1. The lowest BCUT2D eigenvalue weighted by Crippen LogP contribution is -2.32. The number of nitroso groups, excluding NO2 is 1. The van der Waals surface area contributed by atoms with E-state index in [1.807, 2.05) is 0 Å². The highest BCUT2D eigenvalue weighted by Gasteiger charge is 2.15. The van der Waals surface area contributed by atoms with E-state index in [1.54, 1.807) is 6.92 Å². The van der Waals surface area contributed by atoms with E-state index in [9.17, 15) is 9.70 Å². The summed E-state index contributed by atoms with van der Waals surface area (Å²) in [6.45, 7) is 1.66. The van der Waals surface area contributed by atoms with Gasteiger partial charge in [-0.2, -0.15) is 5.01 Å². The first kappa shape index (κ1) is 16.3. The van der Waals surface area contributed by atoms with Crippen LogP contribution in [0, 0.1) is 11.8 Å². The van der Waals surface area contributed by atoms with E-state index in [0.717, 1.165) is 0 Å². The number of amides is 2. The quantitative estimate of drug-likeness (QED) is 0.497. The zero-order valence-electron chi connectivity index (χ0n) is 9.46. The lowest BCUT2D eigenvalue weighted by molar-refractivity contribution is 0.216. The Morgan fingerprint density at radius 1 is 1.67 bits per heavy atom. The van der Waals surface area contributed by atoms with Gasteiger partial charge < -0.3 is 11.1 Å². The minimum absolute atomic E-state index is 0. The number of halogens is 2. The Morgan fingerprint density at radius 2 is 2.33 bits per heavy atom. The summed E-state index contributed by atoms with van der Waals surface area (Å²) in [6.07, 6.45) is 1.35. The number of aromatic nitrogens is 2. The number of nitrogens with zero attached hydrogens (tertiary/aromatic N) is 4. The Kier molecular flexibility index (Phi) is 6.91. The predicted molar refractivity (Wildman–Crippen MR) is 70.7 cm³/mol. The molecule has 1 heterocycles. The highest BCUT2D eigenvalue weighted by Crippen LogP contribution is 2.14. The van der Waals surface area contributed by atoms with Gasteiger partial charge in [-0.1, -0.05) is 0 Å². The van der Waals surface area contributed by atoms with Crippen molar-refractivity contribution in [3.05, 3.63) is 16.9 Å². The van der Waals surface area contributed by atoms with E-state index in [-0.39, 0.29) is 36.3 Å². The molecule has 0 aliphatic rings. The van der Waals surface area contributed by atoms with Crippen molar-refractivity contribution >= 4 is 41.5 Å². The number of nitrogen functional groups attached to an aromatic ring is 1. The van der Waals surface area contributed by atoms with E-state index >= 15 is 0 Å². The van der Waals surface area contributed by atoms with Crippen LogP contribution in [0.5, 0.6) is 0 Å². The maximum atomic E-state index is 11.5. The maximum Gasteiger partial charge on any atom is 0.345 e. The number of aryl methyl sites for hydroxylation is 1. The molecule has 18 heavy (non-hydrogen) atoms. The van der Waals surface area contributed by atoms with Crippen LogP contribution in [0.15, 0.2) is 11.5 Å². The average molecular weight is 295 g/mol. The van der Waals surface area contributed by atoms with Crippen LogP contribution < -0.4 is 11.1 Å². The molecule has 1 aromatic rings. The van der Waals surface area contributed by atoms with Crippen LogP contribution in [-0.4, -0.2) is 33.4 Å². The second kappa shape index (κ2) is 7.62. The summed E-state index contributed by atoms with van der Waals surface area (Å²) in [4.78, 5) is 29.6. The second-order valence-electron chi connectivity index (χ2n) is 3.04. The molecule has 8 nitrogen and oxygen atoms in total. The lowest BCUT2D eigenvalue weighted by atomic mass is 10.4. The summed E-state index contributed by atoms with van der Waals surface area (Å²) >= 11 is 5.40. The van der Waals surface area contributed by atoms with Gasteiger partial charge in [0.05, 0.1) is 18.0 Å². The molecule has 0 atom stereocenters. The van der Waals surface area contributed by atoms with Gasteiger partial charge in [-0.3, -0.25) is 0 Å². The molecule has 1 rings (SSSR count). The number of alkyl halides is 1. The zero-order valence-corrected chi connectivity index (χ0v) is 11.0. The van der Waals surface area contributed by atoms with Crippen molar-refractivity contribution in [3.8, 4) is 0 Å². The topological polar surface area (TPSA) is 114 Å². The molecule has 0 bridgehead atoms. The third-order valence-electron chi connectivity index (χ3n) is 1.81. The first-order valence-corrected chi connectivity index (χ1v) is 5.18. The van der Waals surface area contributed by atoms with Crippen LogP contribution in [0.4, 0.5) is 16.3 Å². The smallest absolute Gasteiger partial charge is 0.345 e. The molecule has 0 fully saturated rings. The third-order valence-corrected chi connectivity index (χ3v) is 1.98. The molecule has 0 saturated heterocycles. The Bertz CT molecular complexity index is 430. The highest BCUT2D eigenvalue weighted by atomic mass is 35.5. The summed E-state index contributed by atoms with van der Waals surface area (Å²) in [6, 6.07) is -0.736. The summed E-state index contributed by atoms with van der Waals surface area (Å²) in [5.41, 5.74) is 5.78. The largest absolute Gasteiger partial charge is 0.382 e. The van der Waals surface area contributed by atoms with Crippen molar-refractivity contribution in [2.45, 2.75) is 6.92 Å². The average Bonchev–Trinajstić information content (AvgIpc) is 2.29. The van der Waals surface area contributed by atoms with Gasteiger partial charge in [-0.15, -0.1) is 28.9 Å². The molecule has 0 spiro atoms. The SMILES string of the molecule is Cc1ncc(NC(=O)N(CCCl)N=O)c(N)n1.Cl. The van der Waals surface area contributed by atoms with Gasteiger partial charge in [0.2, 0.25) is 0 Å². The summed E-state index contributed by atoms with van der Waals surface area (Å²) < 4.78 is 0. The molecule has 10 heteroatoms. The van der Waals surface area contributed by atoms with Crippen molar-refractivity contribution in [3.63, 3.8) is 0 Å². The lowest BCUT2D eigenvalue weighted by Gasteiger charge is -2.13. The van der Waals surface area contributed by atoms with Gasteiger partial charge in [0.15, 0.2) is 5.82 Å². The Balaban J connectivity index is 0.00000289. The fourth-order valence-electron chi connectivity index (χ4n) is 1.02.